The molecule has 2 rings (SSSR count). The number of thiophene rings is 1. The molecule has 1 aromatic rings. The van der Waals surface area contributed by atoms with Gasteiger partial charge in [-0.1, -0.05) is 11.6 Å². The SMILES string of the molecule is Cc1csc(C(=O)N2CCNC(C)(C)C2)c1Cl. The Bertz CT molecular complexity index is 442. The lowest BCUT2D eigenvalue weighted by molar-refractivity contribution is 0.0657. The normalized spacial score (nSPS) is 19.4. The van der Waals surface area contributed by atoms with Gasteiger partial charge in [0, 0.05) is 25.2 Å². The van der Waals surface area contributed by atoms with Crippen LogP contribution in [0.3, 0.4) is 0 Å². The number of amides is 1. The van der Waals surface area contributed by atoms with Crippen LogP contribution in [0.5, 0.6) is 0 Å². The number of piperazine rings is 1. The van der Waals surface area contributed by atoms with E-state index < -0.39 is 0 Å². The molecular formula is C12H17ClN2OS. The summed E-state index contributed by atoms with van der Waals surface area (Å²) in [5.41, 5.74) is 0.960. The van der Waals surface area contributed by atoms with Crippen molar-refractivity contribution in [3.63, 3.8) is 0 Å². The highest BCUT2D eigenvalue weighted by Crippen LogP contribution is 2.29. The lowest BCUT2D eigenvalue weighted by Gasteiger charge is -2.39. The van der Waals surface area contributed by atoms with Crippen LogP contribution < -0.4 is 5.32 Å². The smallest absolute Gasteiger partial charge is 0.265 e. The molecule has 0 atom stereocenters. The molecule has 1 aromatic heterocycles. The fraction of sp³-hybridized carbons (Fsp3) is 0.583. The van der Waals surface area contributed by atoms with Crippen LogP contribution in [0.4, 0.5) is 0 Å². The average molecular weight is 273 g/mol. The first-order valence-electron chi connectivity index (χ1n) is 5.68. The van der Waals surface area contributed by atoms with Gasteiger partial charge in [-0.3, -0.25) is 4.79 Å². The summed E-state index contributed by atoms with van der Waals surface area (Å²) in [7, 11) is 0. The van der Waals surface area contributed by atoms with Crippen LogP contribution in [0.15, 0.2) is 5.38 Å². The first-order chi connectivity index (χ1) is 7.91. The quantitative estimate of drug-likeness (QED) is 0.852. The van der Waals surface area contributed by atoms with E-state index in [0.717, 1.165) is 25.2 Å². The Balaban J connectivity index is 2.18. The fourth-order valence-electron chi connectivity index (χ4n) is 2.03. The summed E-state index contributed by atoms with van der Waals surface area (Å²) in [6, 6.07) is 0. The molecule has 17 heavy (non-hydrogen) atoms. The molecule has 0 bridgehead atoms. The lowest BCUT2D eigenvalue weighted by atomic mass is 10.0. The number of aryl methyl sites for hydroxylation is 1. The molecule has 5 heteroatoms. The molecule has 3 nitrogen and oxygen atoms in total. The minimum atomic E-state index is -0.0211. The van der Waals surface area contributed by atoms with Gasteiger partial charge < -0.3 is 10.2 Å². The van der Waals surface area contributed by atoms with E-state index in [-0.39, 0.29) is 11.4 Å². The highest BCUT2D eigenvalue weighted by Gasteiger charge is 2.30. The van der Waals surface area contributed by atoms with Crippen molar-refractivity contribution in [3.8, 4) is 0 Å². The number of carbonyl (C=O) groups is 1. The van der Waals surface area contributed by atoms with Gasteiger partial charge in [0.2, 0.25) is 0 Å². The summed E-state index contributed by atoms with van der Waals surface area (Å²) in [6.07, 6.45) is 0. The summed E-state index contributed by atoms with van der Waals surface area (Å²) in [5, 5.41) is 5.93. The van der Waals surface area contributed by atoms with E-state index in [1.165, 1.54) is 11.3 Å². The van der Waals surface area contributed by atoms with Crippen molar-refractivity contribution >= 4 is 28.8 Å². The molecule has 94 valence electrons. The molecule has 1 fully saturated rings. The zero-order valence-corrected chi connectivity index (χ0v) is 11.9. The van der Waals surface area contributed by atoms with E-state index in [0.29, 0.717) is 9.90 Å². The Labute approximate surface area is 111 Å². The highest BCUT2D eigenvalue weighted by molar-refractivity contribution is 7.13. The van der Waals surface area contributed by atoms with Crippen molar-refractivity contribution in [3.05, 3.63) is 20.8 Å². The summed E-state index contributed by atoms with van der Waals surface area (Å²) >= 11 is 7.58. The van der Waals surface area contributed by atoms with E-state index in [2.05, 4.69) is 19.2 Å². The molecule has 2 heterocycles. The molecule has 1 aliphatic rings. The third kappa shape index (κ3) is 2.64. The van der Waals surface area contributed by atoms with Gasteiger partial charge in [-0.25, -0.2) is 0 Å². The Morgan fingerprint density at radius 2 is 2.29 bits per heavy atom. The first kappa shape index (κ1) is 12.9. The minimum Gasteiger partial charge on any atom is -0.335 e. The molecule has 0 unspecified atom stereocenters. The minimum absolute atomic E-state index is 0.0211. The maximum atomic E-state index is 12.3. The Kier molecular flexibility index (Phi) is 3.48. The summed E-state index contributed by atoms with van der Waals surface area (Å²) in [4.78, 5) is 14.9. The van der Waals surface area contributed by atoms with Crippen molar-refractivity contribution in [1.82, 2.24) is 10.2 Å². The summed E-state index contributed by atoms with van der Waals surface area (Å²) in [6.45, 7) is 8.44. The van der Waals surface area contributed by atoms with E-state index >= 15 is 0 Å². The van der Waals surface area contributed by atoms with E-state index in [4.69, 9.17) is 11.6 Å². The number of rotatable bonds is 1. The van der Waals surface area contributed by atoms with Crippen LogP contribution in [0, 0.1) is 6.92 Å². The zero-order chi connectivity index (χ0) is 12.6. The van der Waals surface area contributed by atoms with Crippen molar-refractivity contribution in [2.75, 3.05) is 19.6 Å². The zero-order valence-electron chi connectivity index (χ0n) is 10.3. The summed E-state index contributed by atoms with van der Waals surface area (Å²) < 4.78 is 0. The van der Waals surface area contributed by atoms with Gasteiger partial charge in [-0.15, -0.1) is 11.3 Å². The van der Waals surface area contributed by atoms with Crippen molar-refractivity contribution < 1.29 is 4.79 Å². The molecule has 0 aliphatic carbocycles. The predicted molar refractivity (Wildman–Crippen MR) is 72.1 cm³/mol. The number of halogens is 1. The molecule has 1 aliphatic heterocycles. The third-order valence-electron chi connectivity index (χ3n) is 2.95. The van der Waals surface area contributed by atoms with Crippen molar-refractivity contribution in [2.24, 2.45) is 0 Å². The second-order valence-electron chi connectivity index (χ2n) is 5.10. The van der Waals surface area contributed by atoms with Gasteiger partial charge in [-0.2, -0.15) is 0 Å². The van der Waals surface area contributed by atoms with Crippen molar-refractivity contribution in [1.29, 1.82) is 0 Å². The van der Waals surface area contributed by atoms with E-state index in [1.807, 2.05) is 17.2 Å². The molecule has 1 amide bonds. The molecular weight excluding hydrogens is 256 g/mol. The van der Waals surface area contributed by atoms with Gasteiger partial charge in [0.25, 0.3) is 5.91 Å². The van der Waals surface area contributed by atoms with Crippen LogP contribution in [-0.2, 0) is 0 Å². The largest absolute Gasteiger partial charge is 0.335 e. The van der Waals surface area contributed by atoms with Crippen LogP contribution in [0.2, 0.25) is 5.02 Å². The lowest BCUT2D eigenvalue weighted by Crippen LogP contribution is -2.58. The number of hydrogen-bond acceptors (Lipinski definition) is 3. The van der Waals surface area contributed by atoms with Crippen LogP contribution in [0.1, 0.15) is 29.1 Å². The number of nitrogens with one attached hydrogen (secondary N) is 1. The maximum absolute atomic E-state index is 12.3. The monoisotopic (exact) mass is 272 g/mol. The Hall–Kier alpha value is -0.580. The number of nitrogens with zero attached hydrogens (tertiary/aromatic N) is 1. The predicted octanol–water partition coefficient (Wildman–Crippen LogP) is 2.53. The second-order valence-corrected chi connectivity index (χ2v) is 6.36. The maximum Gasteiger partial charge on any atom is 0.265 e. The molecule has 0 spiro atoms. The van der Waals surface area contributed by atoms with Crippen molar-refractivity contribution in [2.45, 2.75) is 26.3 Å². The van der Waals surface area contributed by atoms with E-state index in [9.17, 15) is 4.79 Å². The Morgan fingerprint density at radius 3 is 2.82 bits per heavy atom. The standard InChI is InChI=1S/C12H17ClN2OS/c1-8-6-17-10(9(8)13)11(16)15-5-4-14-12(2,3)7-15/h6,14H,4-5,7H2,1-3H3. The highest BCUT2D eigenvalue weighted by atomic mass is 35.5. The van der Waals surface area contributed by atoms with Crippen LogP contribution in [0.25, 0.3) is 0 Å². The average Bonchev–Trinajstić information content (AvgIpc) is 2.57. The van der Waals surface area contributed by atoms with Gasteiger partial charge >= 0.3 is 0 Å². The number of hydrogen-bond donors (Lipinski definition) is 1. The number of carbonyl (C=O) groups excluding carboxylic acids is 1. The molecule has 1 saturated heterocycles. The molecule has 0 saturated carbocycles. The van der Waals surface area contributed by atoms with Crippen LogP contribution >= 0.6 is 22.9 Å². The molecule has 1 N–H and O–H groups in total. The van der Waals surface area contributed by atoms with Gasteiger partial charge in [0.15, 0.2) is 0 Å². The van der Waals surface area contributed by atoms with Gasteiger partial charge in [0.1, 0.15) is 4.88 Å². The first-order valence-corrected chi connectivity index (χ1v) is 6.94. The fourth-order valence-corrected chi connectivity index (χ4v) is 3.27. The Morgan fingerprint density at radius 1 is 1.59 bits per heavy atom. The second kappa shape index (κ2) is 4.59. The molecule has 0 radical (unpaired) electrons. The molecule has 0 aromatic carbocycles. The van der Waals surface area contributed by atoms with E-state index in [1.54, 1.807) is 0 Å². The van der Waals surface area contributed by atoms with Crippen LogP contribution in [-0.4, -0.2) is 36.0 Å². The topological polar surface area (TPSA) is 32.3 Å². The third-order valence-corrected chi connectivity index (χ3v) is 4.64. The van der Waals surface area contributed by atoms with Gasteiger partial charge in [0.05, 0.1) is 5.02 Å². The summed E-state index contributed by atoms with van der Waals surface area (Å²) in [5.74, 6) is 0.0580. The van der Waals surface area contributed by atoms with Gasteiger partial charge in [-0.05, 0) is 31.7 Å².